The maximum Gasteiger partial charge on any atom is 0.273 e. The number of anilines is 1. The molecule has 22 heavy (non-hydrogen) atoms. The standard InChI is InChI=1S/C15H13ClN2O4/c1-10(15(19)17-14-8-3-2-7-13(14)16)22-12-6-4-5-11(9-12)18(20)21/h2-10H,1H3,(H,17,19)/t10-/m1/s1. The highest BCUT2D eigenvalue weighted by atomic mass is 35.5. The quantitative estimate of drug-likeness (QED) is 0.673. The molecule has 0 aromatic heterocycles. The van der Waals surface area contributed by atoms with Crippen LogP contribution >= 0.6 is 11.6 Å². The van der Waals surface area contributed by atoms with E-state index in [1.54, 1.807) is 37.3 Å². The minimum Gasteiger partial charge on any atom is -0.481 e. The predicted molar refractivity (Wildman–Crippen MR) is 83.3 cm³/mol. The van der Waals surface area contributed by atoms with Crippen LogP contribution in [0.25, 0.3) is 0 Å². The third kappa shape index (κ3) is 3.95. The van der Waals surface area contributed by atoms with Gasteiger partial charge in [-0.1, -0.05) is 29.8 Å². The Balaban J connectivity index is 2.04. The minimum atomic E-state index is -0.835. The number of rotatable bonds is 5. The van der Waals surface area contributed by atoms with Crippen LogP contribution in [0.15, 0.2) is 48.5 Å². The Bertz CT molecular complexity index is 705. The molecule has 6 nitrogen and oxygen atoms in total. The summed E-state index contributed by atoms with van der Waals surface area (Å²) in [5.41, 5.74) is 0.375. The maximum atomic E-state index is 12.1. The van der Waals surface area contributed by atoms with Crippen LogP contribution in [-0.2, 0) is 4.79 Å². The fraction of sp³-hybridized carbons (Fsp3) is 0.133. The van der Waals surface area contributed by atoms with E-state index in [4.69, 9.17) is 16.3 Å². The lowest BCUT2D eigenvalue weighted by atomic mass is 10.3. The first-order valence-corrected chi connectivity index (χ1v) is 6.81. The Morgan fingerprint density at radius 3 is 2.68 bits per heavy atom. The number of para-hydroxylation sites is 1. The van der Waals surface area contributed by atoms with Crippen LogP contribution in [0.4, 0.5) is 11.4 Å². The van der Waals surface area contributed by atoms with Gasteiger partial charge in [0, 0.05) is 6.07 Å². The Labute approximate surface area is 131 Å². The van der Waals surface area contributed by atoms with Gasteiger partial charge in [0.15, 0.2) is 6.10 Å². The second kappa shape index (κ2) is 6.91. The van der Waals surface area contributed by atoms with Crippen LogP contribution in [0.5, 0.6) is 5.75 Å². The van der Waals surface area contributed by atoms with E-state index >= 15 is 0 Å². The number of carbonyl (C=O) groups excluding carboxylic acids is 1. The van der Waals surface area contributed by atoms with Crippen LogP contribution in [0, 0.1) is 10.1 Å². The van der Waals surface area contributed by atoms with Crippen LogP contribution < -0.4 is 10.1 Å². The van der Waals surface area contributed by atoms with E-state index in [2.05, 4.69) is 5.32 Å². The zero-order chi connectivity index (χ0) is 16.1. The molecule has 0 spiro atoms. The molecule has 0 aliphatic carbocycles. The van der Waals surface area contributed by atoms with E-state index in [9.17, 15) is 14.9 Å². The van der Waals surface area contributed by atoms with E-state index in [1.165, 1.54) is 18.2 Å². The highest BCUT2D eigenvalue weighted by Gasteiger charge is 2.17. The van der Waals surface area contributed by atoms with E-state index < -0.39 is 16.9 Å². The molecule has 2 rings (SSSR count). The van der Waals surface area contributed by atoms with E-state index in [0.29, 0.717) is 10.7 Å². The summed E-state index contributed by atoms with van der Waals surface area (Å²) in [6.45, 7) is 1.55. The number of carbonyl (C=O) groups is 1. The van der Waals surface area contributed by atoms with Crippen molar-refractivity contribution in [3.05, 3.63) is 63.7 Å². The first kappa shape index (κ1) is 15.8. The molecule has 1 N–H and O–H groups in total. The van der Waals surface area contributed by atoms with E-state index in [0.717, 1.165) is 0 Å². The summed E-state index contributed by atoms with van der Waals surface area (Å²) in [5, 5.41) is 13.8. The van der Waals surface area contributed by atoms with Gasteiger partial charge in [-0.2, -0.15) is 0 Å². The molecular formula is C15H13ClN2O4. The number of nitro benzene ring substituents is 1. The molecule has 0 aliphatic heterocycles. The zero-order valence-corrected chi connectivity index (χ0v) is 12.4. The Morgan fingerprint density at radius 1 is 1.27 bits per heavy atom. The smallest absolute Gasteiger partial charge is 0.273 e. The van der Waals surface area contributed by atoms with Crippen molar-refractivity contribution in [3.8, 4) is 5.75 Å². The van der Waals surface area contributed by atoms with Crippen molar-refractivity contribution >= 4 is 28.9 Å². The number of nitrogens with zero attached hydrogens (tertiary/aromatic N) is 1. The Kier molecular flexibility index (Phi) is 4.95. The van der Waals surface area contributed by atoms with Gasteiger partial charge in [0.1, 0.15) is 5.75 Å². The van der Waals surface area contributed by atoms with Crippen molar-refractivity contribution < 1.29 is 14.5 Å². The molecule has 0 unspecified atom stereocenters. The molecule has 0 fully saturated rings. The SMILES string of the molecule is C[C@@H](Oc1cccc([N+](=O)[O-])c1)C(=O)Nc1ccccc1Cl. The van der Waals surface area contributed by atoms with Crippen molar-refractivity contribution in [1.82, 2.24) is 0 Å². The summed E-state index contributed by atoms with van der Waals surface area (Å²) in [7, 11) is 0. The molecule has 0 bridgehead atoms. The molecule has 2 aromatic carbocycles. The summed E-state index contributed by atoms with van der Waals surface area (Å²) in [6.07, 6.45) is -0.835. The average molecular weight is 321 g/mol. The van der Waals surface area contributed by atoms with Crippen molar-refractivity contribution in [2.24, 2.45) is 0 Å². The number of non-ortho nitro benzene ring substituents is 1. The number of amides is 1. The zero-order valence-electron chi connectivity index (χ0n) is 11.7. The lowest BCUT2D eigenvalue weighted by molar-refractivity contribution is -0.384. The molecule has 0 radical (unpaired) electrons. The molecule has 0 saturated carbocycles. The largest absolute Gasteiger partial charge is 0.481 e. The van der Waals surface area contributed by atoms with Gasteiger partial charge in [-0.3, -0.25) is 14.9 Å². The van der Waals surface area contributed by atoms with Gasteiger partial charge in [-0.25, -0.2) is 0 Å². The summed E-state index contributed by atoms with van der Waals surface area (Å²) in [4.78, 5) is 22.2. The second-order valence-corrected chi connectivity index (χ2v) is 4.89. The normalized spacial score (nSPS) is 11.5. The molecule has 0 aliphatic rings. The van der Waals surface area contributed by atoms with Crippen molar-refractivity contribution in [3.63, 3.8) is 0 Å². The second-order valence-electron chi connectivity index (χ2n) is 4.48. The van der Waals surface area contributed by atoms with Gasteiger partial charge >= 0.3 is 0 Å². The van der Waals surface area contributed by atoms with Crippen LogP contribution in [0.1, 0.15) is 6.92 Å². The molecule has 1 atom stereocenters. The number of ether oxygens (including phenoxy) is 1. The van der Waals surface area contributed by atoms with Gasteiger partial charge in [-0.05, 0) is 25.1 Å². The predicted octanol–water partition coefficient (Wildman–Crippen LogP) is 3.65. The first-order valence-electron chi connectivity index (χ1n) is 6.44. The Hall–Kier alpha value is -2.60. The van der Waals surface area contributed by atoms with Gasteiger partial charge in [0.2, 0.25) is 0 Å². The van der Waals surface area contributed by atoms with E-state index in [-0.39, 0.29) is 11.4 Å². The number of hydrogen-bond acceptors (Lipinski definition) is 4. The Morgan fingerprint density at radius 2 is 2.00 bits per heavy atom. The molecule has 2 aromatic rings. The van der Waals surface area contributed by atoms with Crippen LogP contribution in [0.3, 0.4) is 0 Å². The van der Waals surface area contributed by atoms with Crippen LogP contribution in [0.2, 0.25) is 5.02 Å². The summed E-state index contributed by atoms with van der Waals surface area (Å²) >= 11 is 5.96. The topological polar surface area (TPSA) is 81.5 Å². The minimum absolute atomic E-state index is 0.101. The molecule has 0 saturated heterocycles. The summed E-state index contributed by atoms with van der Waals surface area (Å²) in [5.74, 6) is -0.157. The van der Waals surface area contributed by atoms with Crippen molar-refractivity contribution in [1.29, 1.82) is 0 Å². The number of nitrogens with one attached hydrogen (secondary N) is 1. The molecule has 7 heteroatoms. The fourth-order valence-electron chi connectivity index (χ4n) is 1.72. The first-order chi connectivity index (χ1) is 10.5. The molecule has 1 amide bonds. The highest BCUT2D eigenvalue weighted by molar-refractivity contribution is 6.33. The molecule has 114 valence electrons. The van der Waals surface area contributed by atoms with Crippen molar-refractivity contribution in [2.75, 3.05) is 5.32 Å². The van der Waals surface area contributed by atoms with Gasteiger partial charge in [0.25, 0.3) is 11.6 Å². The third-order valence-electron chi connectivity index (χ3n) is 2.84. The molecule has 0 heterocycles. The van der Waals surface area contributed by atoms with Crippen LogP contribution in [-0.4, -0.2) is 16.9 Å². The average Bonchev–Trinajstić information content (AvgIpc) is 2.49. The lowest BCUT2D eigenvalue weighted by Gasteiger charge is -2.15. The van der Waals surface area contributed by atoms with Gasteiger partial charge in [-0.15, -0.1) is 0 Å². The lowest BCUT2D eigenvalue weighted by Crippen LogP contribution is -2.30. The number of benzene rings is 2. The van der Waals surface area contributed by atoms with Crippen molar-refractivity contribution in [2.45, 2.75) is 13.0 Å². The molecular weight excluding hydrogens is 308 g/mol. The summed E-state index contributed by atoms with van der Waals surface area (Å²) < 4.78 is 5.42. The summed E-state index contributed by atoms with van der Waals surface area (Å²) in [6, 6.07) is 12.5. The third-order valence-corrected chi connectivity index (χ3v) is 3.17. The number of nitro groups is 1. The number of hydrogen-bond donors (Lipinski definition) is 1. The van der Waals surface area contributed by atoms with Gasteiger partial charge < -0.3 is 10.1 Å². The highest BCUT2D eigenvalue weighted by Crippen LogP contribution is 2.22. The maximum absolute atomic E-state index is 12.1. The van der Waals surface area contributed by atoms with Gasteiger partial charge in [0.05, 0.1) is 21.7 Å². The van der Waals surface area contributed by atoms with E-state index in [1.807, 2.05) is 0 Å². The number of halogens is 1. The monoisotopic (exact) mass is 320 g/mol. The fourth-order valence-corrected chi connectivity index (χ4v) is 1.91.